The molecular weight excluding hydrogens is 355 g/mol. The van der Waals surface area contributed by atoms with Crippen LogP contribution in [-0.4, -0.2) is 28.6 Å². The van der Waals surface area contributed by atoms with Gasteiger partial charge in [-0.15, -0.1) is 10.2 Å². The highest BCUT2D eigenvalue weighted by molar-refractivity contribution is 7.15. The molecule has 1 aliphatic heterocycles. The van der Waals surface area contributed by atoms with Gasteiger partial charge >= 0.3 is 0 Å². The van der Waals surface area contributed by atoms with E-state index in [0.717, 1.165) is 11.4 Å². The molecule has 1 aromatic carbocycles. The molecule has 9 heteroatoms. The Morgan fingerprint density at radius 2 is 2.29 bits per heavy atom. The first kappa shape index (κ1) is 16.8. The molecule has 24 heavy (non-hydrogen) atoms. The second-order valence-electron chi connectivity index (χ2n) is 5.35. The van der Waals surface area contributed by atoms with Crippen molar-refractivity contribution in [1.82, 2.24) is 10.2 Å². The highest BCUT2D eigenvalue weighted by atomic mass is 35.5. The van der Waals surface area contributed by atoms with Crippen LogP contribution in [0.25, 0.3) is 0 Å². The number of aromatic nitrogens is 2. The lowest BCUT2D eigenvalue weighted by Crippen LogP contribution is -2.28. The van der Waals surface area contributed by atoms with E-state index in [9.17, 15) is 14.0 Å². The molecule has 1 aliphatic rings. The highest BCUT2D eigenvalue weighted by Gasteiger charge is 2.35. The second-order valence-corrected chi connectivity index (χ2v) is 6.82. The number of carbonyl (C=O) groups is 2. The van der Waals surface area contributed by atoms with E-state index in [4.69, 9.17) is 11.6 Å². The number of carbonyl (C=O) groups excluding carboxylic acids is 2. The predicted octanol–water partition coefficient (Wildman–Crippen LogP) is 2.88. The van der Waals surface area contributed by atoms with Crippen molar-refractivity contribution in [3.63, 3.8) is 0 Å². The van der Waals surface area contributed by atoms with Gasteiger partial charge in [-0.2, -0.15) is 0 Å². The van der Waals surface area contributed by atoms with Gasteiger partial charge in [-0.1, -0.05) is 29.9 Å². The van der Waals surface area contributed by atoms with Gasteiger partial charge in [0.2, 0.25) is 16.9 Å². The average molecular weight is 369 g/mol. The quantitative estimate of drug-likeness (QED) is 0.900. The largest absolute Gasteiger partial charge is 0.312 e. The average Bonchev–Trinajstić information content (AvgIpc) is 3.16. The molecule has 1 saturated heterocycles. The van der Waals surface area contributed by atoms with E-state index < -0.39 is 11.7 Å². The van der Waals surface area contributed by atoms with Crippen LogP contribution in [0.3, 0.4) is 0 Å². The Bertz CT molecular complexity index is 798. The summed E-state index contributed by atoms with van der Waals surface area (Å²) in [5.74, 6) is -1.54. The smallest absolute Gasteiger partial charge is 0.231 e. The molecule has 3 rings (SSSR count). The zero-order valence-corrected chi connectivity index (χ0v) is 14.3. The normalized spacial score (nSPS) is 17.4. The van der Waals surface area contributed by atoms with Crippen LogP contribution in [0.15, 0.2) is 18.2 Å². The molecule has 0 spiro atoms. The van der Waals surface area contributed by atoms with Gasteiger partial charge in [0.1, 0.15) is 10.8 Å². The number of nitrogens with one attached hydrogen (secondary N) is 1. The molecule has 2 heterocycles. The van der Waals surface area contributed by atoms with E-state index in [1.54, 1.807) is 0 Å². The Balaban J connectivity index is 1.69. The summed E-state index contributed by atoms with van der Waals surface area (Å²) in [4.78, 5) is 25.9. The van der Waals surface area contributed by atoms with Gasteiger partial charge in [-0.05, 0) is 24.6 Å². The van der Waals surface area contributed by atoms with Crippen molar-refractivity contribution < 1.29 is 14.0 Å². The molecule has 0 bridgehead atoms. The highest BCUT2D eigenvalue weighted by Crippen LogP contribution is 2.29. The summed E-state index contributed by atoms with van der Waals surface area (Å²) in [6, 6.07) is 4.05. The summed E-state index contributed by atoms with van der Waals surface area (Å²) in [5, 5.41) is 11.7. The maximum absolute atomic E-state index is 13.2. The summed E-state index contributed by atoms with van der Waals surface area (Å²) in [7, 11) is 0. The van der Waals surface area contributed by atoms with Crippen molar-refractivity contribution in [3.05, 3.63) is 34.0 Å². The number of nitrogens with zero attached hydrogens (tertiary/aromatic N) is 3. The third-order valence-electron chi connectivity index (χ3n) is 3.71. The van der Waals surface area contributed by atoms with Crippen molar-refractivity contribution in [2.75, 3.05) is 16.8 Å². The molecular formula is C15H14ClFN4O2S. The Labute approximate surface area is 146 Å². The van der Waals surface area contributed by atoms with E-state index in [2.05, 4.69) is 15.5 Å². The molecule has 1 N–H and O–H groups in total. The third-order valence-corrected chi connectivity index (χ3v) is 4.98. The molecule has 0 aliphatic carbocycles. The molecule has 126 valence electrons. The van der Waals surface area contributed by atoms with Crippen LogP contribution < -0.4 is 10.2 Å². The van der Waals surface area contributed by atoms with Crippen molar-refractivity contribution in [3.8, 4) is 0 Å². The number of halogens is 2. The number of hydrogen-bond acceptors (Lipinski definition) is 5. The lowest BCUT2D eigenvalue weighted by molar-refractivity contribution is -0.122. The summed E-state index contributed by atoms with van der Waals surface area (Å²) in [6.07, 6.45) is 0.828. The molecule has 6 nitrogen and oxygen atoms in total. The van der Waals surface area contributed by atoms with Crippen LogP contribution in [0.1, 0.15) is 18.4 Å². The number of aryl methyl sites for hydroxylation is 1. The summed E-state index contributed by atoms with van der Waals surface area (Å²) < 4.78 is 13.2. The third kappa shape index (κ3) is 3.39. The van der Waals surface area contributed by atoms with E-state index in [1.807, 2.05) is 6.92 Å². The molecule has 1 aromatic heterocycles. The fraction of sp³-hybridized carbons (Fsp3) is 0.333. The van der Waals surface area contributed by atoms with Crippen LogP contribution in [0.2, 0.25) is 5.02 Å². The summed E-state index contributed by atoms with van der Waals surface area (Å²) in [5.41, 5.74) is 0.478. The van der Waals surface area contributed by atoms with E-state index in [-0.39, 0.29) is 29.8 Å². The number of amides is 2. The minimum atomic E-state index is -0.552. The maximum atomic E-state index is 13.2. The van der Waals surface area contributed by atoms with Crippen LogP contribution in [0.5, 0.6) is 0 Å². The minimum absolute atomic E-state index is 0.0610. The Morgan fingerprint density at radius 3 is 2.96 bits per heavy atom. The summed E-state index contributed by atoms with van der Waals surface area (Å²) in [6.45, 7) is 2.17. The van der Waals surface area contributed by atoms with Gasteiger partial charge in [0, 0.05) is 18.7 Å². The lowest BCUT2D eigenvalue weighted by Gasteiger charge is -2.17. The second kappa shape index (κ2) is 6.82. The van der Waals surface area contributed by atoms with Gasteiger partial charge in [0.25, 0.3) is 0 Å². The topological polar surface area (TPSA) is 75.2 Å². The molecule has 1 unspecified atom stereocenters. The van der Waals surface area contributed by atoms with Crippen LogP contribution in [-0.2, 0) is 16.0 Å². The maximum Gasteiger partial charge on any atom is 0.231 e. The Hall–Kier alpha value is -2.06. The number of rotatable bonds is 4. The van der Waals surface area contributed by atoms with E-state index >= 15 is 0 Å². The van der Waals surface area contributed by atoms with Crippen molar-refractivity contribution in [2.24, 2.45) is 5.92 Å². The molecule has 0 radical (unpaired) electrons. The van der Waals surface area contributed by atoms with Crippen molar-refractivity contribution >= 4 is 45.6 Å². The van der Waals surface area contributed by atoms with E-state index in [0.29, 0.717) is 10.8 Å². The Kier molecular flexibility index (Phi) is 4.77. The summed E-state index contributed by atoms with van der Waals surface area (Å²) >= 11 is 7.07. The van der Waals surface area contributed by atoms with Crippen LogP contribution >= 0.6 is 22.9 Å². The van der Waals surface area contributed by atoms with Gasteiger partial charge in [-0.3, -0.25) is 9.59 Å². The molecule has 0 saturated carbocycles. The molecule has 2 amide bonds. The first-order chi connectivity index (χ1) is 11.5. The lowest BCUT2D eigenvalue weighted by atomic mass is 10.1. The first-order valence-electron chi connectivity index (χ1n) is 7.36. The first-order valence-corrected chi connectivity index (χ1v) is 8.56. The standard InChI is InChI=1S/C15H14ClFN4O2S/c1-2-12-19-20-15(24-12)18-14(23)8-5-13(22)21(7-8)9-3-4-11(17)10(16)6-9/h3-4,6,8H,2,5,7H2,1H3,(H,18,20,23). The number of anilines is 2. The van der Waals surface area contributed by atoms with Crippen molar-refractivity contribution in [1.29, 1.82) is 0 Å². The van der Waals surface area contributed by atoms with Crippen molar-refractivity contribution in [2.45, 2.75) is 19.8 Å². The van der Waals surface area contributed by atoms with Crippen LogP contribution in [0, 0.1) is 11.7 Å². The van der Waals surface area contributed by atoms with Crippen LogP contribution in [0.4, 0.5) is 15.2 Å². The minimum Gasteiger partial charge on any atom is -0.312 e. The predicted molar refractivity (Wildman–Crippen MR) is 89.8 cm³/mol. The zero-order chi connectivity index (χ0) is 17.3. The van der Waals surface area contributed by atoms with Gasteiger partial charge < -0.3 is 10.2 Å². The monoisotopic (exact) mass is 368 g/mol. The van der Waals surface area contributed by atoms with E-state index in [1.165, 1.54) is 34.4 Å². The number of benzene rings is 1. The van der Waals surface area contributed by atoms with Gasteiger partial charge in [0.05, 0.1) is 10.9 Å². The Morgan fingerprint density at radius 1 is 1.50 bits per heavy atom. The fourth-order valence-corrected chi connectivity index (χ4v) is 3.30. The van der Waals surface area contributed by atoms with Gasteiger partial charge in [-0.25, -0.2) is 4.39 Å². The molecule has 1 atom stereocenters. The zero-order valence-electron chi connectivity index (χ0n) is 12.8. The number of hydrogen-bond donors (Lipinski definition) is 1. The van der Waals surface area contributed by atoms with Gasteiger partial charge in [0.15, 0.2) is 0 Å². The molecule has 2 aromatic rings. The fourth-order valence-electron chi connectivity index (χ4n) is 2.44. The molecule has 1 fully saturated rings. The SMILES string of the molecule is CCc1nnc(NC(=O)C2CC(=O)N(c3ccc(F)c(Cl)c3)C2)s1.